The van der Waals surface area contributed by atoms with Gasteiger partial charge in [-0.3, -0.25) is 4.21 Å². The van der Waals surface area contributed by atoms with E-state index in [1.54, 1.807) is 16.8 Å². The summed E-state index contributed by atoms with van der Waals surface area (Å²) in [5, 5.41) is 1.84. The summed E-state index contributed by atoms with van der Waals surface area (Å²) < 4.78 is 13.1. The number of hydrogen-bond donors (Lipinski definition) is 0. The highest BCUT2D eigenvalue weighted by atomic mass is 32.2. The van der Waals surface area contributed by atoms with Gasteiger partial charge in [-0.25, -0.2) is 4.98 Å². The molecular weight excluding hydrogens is 322 g/mol. The van der Waals surface area contributed by atoms with Crippen LogP contribution in [0.1, 0.15) is 33.2 Å². The van der Waals surface area contributed by atoms with Gasteiger partial charge < -0.3 is 0 Å². The van der Waals surface area contributed by atoms with E-state index in [-0.39, 0.29) is 5.25 Å². The Labute approximate surface area is 143 Å². The van der Waals surface area contributed by atoms with Crippen LogP contribution in [0.3, 0.4) is 0 Å². The van der Waals surface area contributed by atoms with E-state index in [0.717, 1.165) is 16.8 Å². The minimum Gasteiger partial charge on any atom is -0.258 e. The number of nitrogens with zero attached hydrogens (tertiary/aromatic N) is 1. The molecule has 118 valence electrons. The molecule has 0 bridgehead atoms. The molecule has 3 rings (SSSR count). The number of rotatable bonds is 5. The summed E-state index contributed by atoms with van der Waals surface area (Å²) in [7, 11) is -1.06. The Morgan fingerprint density at radius 2 is 1.48 bits per heavy atom. The zero-order valence-electron chi connectivity index (χ0n) is 13.2. The Kier molecular flexibility index (Phi) is 5.03. The monoisotopic (exact) mass is 341 g/mol. The molecule has 1 atom stereocenters. The van der Waals surface area contributed by atoms with Gasteiger partial charge in [0.25, 0.3) is 0 Å². The zero-order valence-corrected chi connectivity index (χ0v) is 14.9. The van der Waals surface area contributed by atoms with Gasteiger partial charge in [-0.2, -0.15) is 0 Å². The zero-order chi connectivity index (χ0) is 16.2. The Hall–Kier alpha value is -1.78. The van der Waals surface area contributed by atoms with Crippen LogP contribution in [-0.2, 0) is 16.6 Å². The standard InChI is InChI=1S/C19H19NOS2/c1-14-3-7-16(8-4-14)19(17-9-5-15(2)6-10-17)23(21)12-18-11-22-13-20-18/h3-11,13,19H,12H2,1-2H3. The van der Waals surface area contributed by atoms with Gasteiger partial charge in [0.15, 0.2) is 0 Å². The number of hydrogen-bond acceptors (Lipinski definition) is 3. The normalized spacial score (nSPS) is 12.5. The van der Waals surface area contributed by atoms with Crippen LogP contribution in [0.4, 0.5) is 0 Å². The average molecular weight is 342 g/mol. The molecule has 4 heteroatoms. The van der Waals surface area contributed by atoms with E-state index < -0.39 is 10.8 Å². The molecule has 0 saturated carbocycles. The molecule has 0 amide bonds. The van der Waals surface area contributed by atoms with Gasteiger partial charge in [0.05, 0.1) is 22.2 Å². The largest absolute Gasteiger partial charge is 0.258 e. The van der Waals surface area contributed by atoms with Gasteiger partial charge in [0.2, 0.25) is 0 Å². The van der Waals surface area contributed by atoms with Crippen LogP contribution in [0.15, 0.2) is 59.4 Å². The van der Waals surface area contributed by atoms with E-state index in [2.05, 4.69) is 67.4 Å². The molecule has 0 aliphatic rings. The lowest BCUT2D eigenvalue weighted by molar-refractivity contribution is 0.677. The summed E-state index contributed by atoms with van der Waals surface area (Å²) in [6.45, 7) is 4.13. The fraction of sp³-hybridized carbons (Fsp3) is 0.211. The number of thiazole rings is 1. The summed E-state index contributed by atoms with van der Waals surface area (Å²) in [6, 6.07) is 16.6. The Morgan fingerprint density at radius 1 is 0.957 bits per heavy atom. The molecule has 2 aromatic carbocycles. The minimum absolute atomic E-state index is 0.127. The van der Waals surface area contributed by atoms with Gasteiger partial charge in [-0.15, -0.1) is 11.3 Å². The van der Waals surface area contributed by atoms with Gasteiger partial charge in [0, 0.05) is 16.2 Å². The first-order valence-electron chi connectivity index (χ1n) is 7.51. The average Bonchev–Trinajstić information content (AvgIpc) is 3.04. The SMILES string of the molecule is Cc1ccc(C(c2ccc(C)cc2)S(=O)Cc2cscn2)cc1. The highest BCUT2D eigenvalue weighted by Crippen LogP contribution is 2.30. The van der Waals surface area contributed by atoms with Crippen molar-refractivity contribution in [1.82, 2.24) is 4.98 Å². The van der Waals surface area contributed by atoms with E-state index in [9.17, 15) is 4.21 Å². The second kappa shape index (κ2) is 7.20. The quantitative estimate of drug-likeness (QED) is 0.667. The summed E-state index contributed by atoms with van der Waals surface area (Å²) >= 11 is 1.54. The molecule has 0 aliphatic carbocycles. The van der Waals surface area contributed by atoms with Crippen LogP contribution in [0.25, 0.3) is 0 Å². The van der Waals surface area contributed by atoms with E-state index in [4.69, 9.17) is 0 Å². The Balaban J connectivity index is 1.97. The molecule has 1 heterocycles. The molecule has 0 aliphatic heterocycles. The van der Waals surface area contributed by atoms with Gasteiger partial charge in [-0.1, -0.05) is 59.7 Å². The first-order valence-corrected chi connectivity index (χ1v) is 9.83. The summed E-state index contributed by atoms with van der Waals surface area (Å²) in [6.07, 6.45) is 0. The molecule has 0 spiro atoms. The van der Waals surface area contributed by atoms with Crippen molar-refractivity contribution in [3.63, 3.8) is 0 Å². The molecule has 0 saturated heterocycles. The first-order chi connectivity index (χ1) is 11.1. The molecule has 3 aromatic rings. The van der Waals surface area contributed by atoms with Crippen LogP contribution in [0.2, 0.25) is 0 Å². The molecule has 23 heavy (non-hydrogen) atoms. The third-order valence-corrected chi connectivity index (χ3v) is 6.08. The molecule has 1 unspecified atom stereocenters. The maximum Gasteiger partial charge on any atom is 0.0850 e. The lowest BCUT2D eigenvalue weighted by Gasteiger charge is -2.18. The number of aryl methyl sites for hydroxylation is 2. The van der Waals surface area contributed by atoms with Gasteiger partial charge in [-0.05, 0) is 25.0 Å². The topological polar surface area (TPSA) is 30.0 Å². The number of benzene rings is 2. The Morgan fingerprint density at radius 3 is 1.91 bits per heavy atom. The molecule has 2 nitrogen and oxygen atoms in total. The van der Waals surface area contributed by atoms with E-state index >= 15 is 0 Å². The summed E-state index contributed by atoms with van der Waals surface area (Å²) in [4.78, 5) is 4.28. The fourth-order valence-corrected chi connectivity index (χ4v) is 4.72. The third-order valence-electron chi connectivity index (χ3n) is 3.80. The van der Waals surface area contributed by atoms with E-state index in [1.165, 1.54) is 11.1 Å². The van der Waals surface area contributed by atoms with Crippen LogP contribution in [0, 0.1) is 13.8 Å². The van der Waals surface area contributed by atoms with E-state index in [1.807, 2.05) is 5.38 Å². The lowest BCUT2D eigenvalue weighted by Crippen LogP contribution is -2.11. The fourth-order valence-electron chi connectivity index (χ4n) is 2.52. The third kappa shape index (κ3) is 3.95. The van der Waals surface area contributed by atoms with Crippen molar-refractivity contribution < 1.29 is 4.21 Å². The number of aromatic nitrogens is 1. The summed E-state index contributed by atoms with van der Waals surface area (Å²) in [5.74, 6) is 0.482. The van der Waals surface area contributed by atoms with Crippen LogP contribution in [-0.4, -0.2) is 9.19 Å². The van der Waals surface area contributed by atoms with Crippen LogP contribution in [0.5, 0.6) is 0 Å². The van der Waals surface area contributed by atoms with Crippen molar-refractivity contribution in [2.45, 2.75) is 24.9 Å². The molecular formula is C19H19NOS2. The highest BCUT2D eigenvalue weighted by molar-refractivity contribution is 7.84. The second-order valence-electron chi connectivity index (χ2n) is 5.71. The lowest BCUT2D eigenvalue weighted by atomic mass is 10.0. The van der Waals surface area contributed by atoms with Crippen molar-refractivity contribution >= 4 is 22.1 Å². The maximum atomic E-state index is 13.1. The van der Waals surface area contributed by atoms with Crippen molar-refractivity contribution in [1.29, 1.82) is 0 Å². The van der Waals surface area contributed by atoms with Crippen molar-refractivity contribution in [2.75, 3.05) is 0 Å². The second-order valence-corrected chi connectivity index (χ2v) is 7.95. The minimum atomic E-state index is -1.06. The predicted octanol–water partition coefficient (Wildman–Crippen LogP) is 4.80. The smallest absolute Gasteiger partial charge is 0.0850 e. The first kappa shape index (κ1) is 16.1. The summed E-state index contributed by atoms with van der Waals surface area (Å²) in [5.41, 5.74) is 7.29. The van der Waals surface area contributed by atoms with Gasteiger partial charge in [0.1, 0.15) is 0 Å². The van der Waals surface area contributed by atoms with Crippen molar-refractivity contribution in [2.24, 2.45) is 0 Å². The van der Waals surface area contributed by atoms with E-state index in [0.29, 0.717) is 5.75 Å². The van der Waals surface area contributed by atoms with Crippen molar-refractivity contribution in [3.8, 4) is 0 Å². The van der Waals surface area contributed by atoms with Crippen LogP contribution < -0.4 is 0 Å². The molecule has 1 aromatic heterocycles. The van der Waals surface area contributed by atoms with Gasteiger partial charge >= 0.3 is 0 Å². The Bertz CT molecular complexity index is 732. The molecule has 0 N–H and O–H groups in total. The van der Waals surface area contributed by atoms with Crippen LogP contribution >= 0.6 is 11.3 Å². The van der Waals surface area contributed by atoms with Crippen molar-refractivity contribution in [3.05, 3.63) is 87.4 Å². The highest BCUT2D eigenvalue weighted by Gasteiger charge is 2.22. The predicted molar refractivity (Wildman–Crippen MR) is 98.2 cm³/mol. The maximum absolute atomic E-state index is 13.1. The molecule has 0 fully saturated rings. The molecule has 0 radical (unpaired) electrons.